The molecule has 25 heavy (non-hydrogen) atoms. The van der Waals surface area contributed by atoms with Crippen LogP contribution in [-0.4, -0.2) is 11.4 Å². The van der Waals surface area contributed by atoms with E-state index in [0.29, 0.717) is 16.7 Å². The molecule has 0 aliphatic carbocycles. The van der Waals surface area contributed by atoms with E-state index in [1.165, 1.54) is 12.1 Å². The van der Waals surface area contributed by atoms with Crippen molar-refractivity contribution >= 4 is 27.2 Å². The summed E-state index contributed by atoms with van der Waals surface area (Å²) in [5.74, 6) is -1.20. The standard InChI is InChI=1S/C21H18BrF2N/c1-4-25-14(3)13(2)10-17(15-8-6-5-7-9-15)21(25)20-18(23)11-16(22)12-19(20)24/h5-12H,3-4H2,1-2H3. The molecule has 0 aromatic heterocycles. The Morgan fingerprint density at radius 1 is 1.08 bits per heavy atom. The van der Waals surface area contributed by atoms with Crippen molar-refractivity contribution in [3.05, 3.63) is 93.6 Å². The summed E-state index contributed by atoms with van der Waals surface area (Å²) in [5.41, 5.74) is 3.89. The van der Waals surface area contributed by atoms with E-state index >= 15 is 0 Å². The molecule has 0 atom stereocenters. The molecule has 0 spiro atoms. The van der Waals surface area contributed by atoms with Gasteiger partial charge in [0, 0.05) is 22.3 Å². The number of hydrogen-bond acceptors (Lipinski definition) is 1. The SMILES string of the molecule is C=C1C(C)=CC(c2ccccc2)=C(c2c(F)cc(Br)cc2F)N1CC. The lowest BCUT2D eigenvalue weighted by Crippen LogP contribution is -2.26. The Hall–Kier alpha value is -2.20. The first-order valence-electron chi connectivity index (χ1n) is 8.03. The van der Waals surface area contributed by atoms with E-state index in [0.717, 1.165) is 22.4 Å². The molecule has 128 valence electrons. The number of benzene rings is 2. The van der Waals surface area contributed by atoms with Crippen molar-refractivity contribution in [2.45, 2.75) is 13.8 Å². The smallest absolute Gasteiger partial charge is 0.136 e. The minimum absolute atomic E-state index is 0.0335. The first-order chi connectivity index (χ1) is 11.9. The maximum atomic E-state index is 14.7. The molecule has 0 saturated carbocycles. The lowest BCUT2D eigenvalue weighted by molar-refractivity contribution is 0.504. The largest absolute Gasteiger partial charge is 0.341 e. The first-order valence-corrected chi connectivity index (χ1v) is 8.83. The number of hydrogen-bond donors (Lipinski definition) is 0. The van der Waals surface area contributed by atoms with Gasteiger partial charge in [-0.15, -0.1) is 0 Å². The third kappa shape index (κ3) is 3.19. The summed E-state index contributed by atoms with van der Waals surface area (Å²) in [5, 5.41) is 0. The Balaban J connectivity index is 2.38. The second kappa shape index (κ2) is 6.96. The summed E-state index contributed by atoms with van der Waals surface area (Å²) in [7, 11) is 0. The zero-order valence-corrected chi connectivity index (χ0v) is 15.7. The van der Waals surface area contributed by atoms with Crippen molar-refractivity contribution in [3.63, 3.8) is 0 Å². The highest BCUT2D eigenvalue weighted by Crippen LogP contribution is 2.41. The van der Waals surface area contributed by atoms with Crippen LogP contribution in [0.4, 0.5) is 8.78 Å². The predicted molar refractivity (Wildman–Crippen MR) is 103 cm³/mol. The predicted octanol–water partition coefficient (Wildman–Crippen LogP) is 6.39. The molecule has 2 aromatic rings. The molecule has 2 aromatic carbocycles. The van der Waals surface area contributed by atoms with E-state index in [2.05, 4.69) is 22.5 Å². The highest BCUT2D eigenvalue weighted by atomic mass is 79.9. The van der Waals surface area contributed by atoms with Gasteiger partial charge in [-0.25, -0.2) is 8.78 Å². The van der Waals surface area contributed by atoms with Crippen LogP contribution in [0.2, 0.25) is 0 Å². The third-order valence-corrected chi connectivity index (χ3v) is 4.77. The van der Waals surface area contributed by atoms with Gasteiger partial charge in [-0.3, -0.25) is 0 Å². The van der Waals surface area contributed by atoms with Gasteiger partial charge in [0.15, 0.2) is 0 Å². The molecule has 1 aliphatic rings. The van der Waals surface area contributed by atoms with Crippen LogP contribution >= 0.6 is 15.9 Å². The fourth-order valence-corrected chi connectivity index (χ4v) is 3.49. The van der Waals surface area contributed by atoms with Crippen molar-refractivity contribution < 1.29 is 8.78 Å². The minimum Gasteiger partial charge on any atom is -0.341 e. The normalized spacial score (nSPS) is 14.8. The van der Waals surface area contributed by atoms with Crippen LogP contribution in [0.5, 0.6) is 0 Å². The Morgan fingerprint density at radius 2 is 1.68 bits per heavy atom. The second-order valence-corrected chi connectivity index (χ2v) is 6.81. The molecule has 1 nitrogen and oxygen atoms in total. The van der Waals surface area contributed by atoms with Crippen LogP contribution in [0.1, 0.15) is 25.0 Å². The Bertz CT molecular complexity index is 874. The molecule has 0 fully saturated rings. The number of halogens is 3. The molecule has 0 unspecified atom stereocenters. The van der Waals surface area contributed by atoms with Crippen molar-refractivity contribution in [3.8, 4) is 0 Å². The van der Waals surface area contributed by atoms with Gasteiger partial charge in [0.25, 0.3) is 0 Å². The molecule has 4 heteroatoms. The Morgan fingerprint density at radius 3 is 2.24 bits per heavy atom. The summed E-state index contributed by atoms with van der Waals surface area (Å²) in [6, 6.07) is 12.2. The number of rotatable bonds is 3. The summed E-state index contributed by atoms with van der Waals surface area (Å²) < 4.78 is 29.8. The van der Waals surface area contributed by atoms with Gasteiger partial charge in [0.1, 0.15) is 11.6 Å². The molecule has 1 heterocycles. The maximum Gasteiger partial charge on any atom is 0.136 e. The van der Waals surface area contributed by atoms with E-state index in [9.17, 15) is 8.78 Å². The van der Waals surface area contributed by atoms with Crippen LogP contribution in [-0.2, 0) is 0 Å². The second-order valence-electron chi connectivity index (χ2n) is 5.89. The van der Waals surface area contributed by atoms with Gasteiger partial charge < -0.3 is 4.90 Å². The monoisotopic (exact) mass is 401 g/mol. The molecule has 0 saturated heterocycles. The molecule has 0 radical (unpaired) electrons. The van der Waals surface area contributed by atoms with Crippen LogP contribution < -0.4 is 0 Å². The van der Waals surface area contributed by atoms with Crippen LogP contribution in [0, 0.1) is 11.6 Å². The third-order valence-electron chi connectivity index (χ3n) is 4.31. The molecule has 1 aliphatic heterocycles. The van der Waals surface area contributed by atoms with Crippen molar-refractivity contribution in [1.29, 1.82) is 0 Å². The molecule has 0 N–H and O–H groups in total. The maximum absolute atomic E-state index is 14.7. The lowest BCUT2D eigenvalue weighted by Gasteiger charge is -2.34. The van der Waals surface area contributed by atoms with Crippen LogP contribution in [0.3, 0.4) is 0 Å². The molecule has 0 bridgehead atoms. The summed E-state index contributed by atoms with van der Waals surface area (Å²) in [4.78, 5) is 1.87. The van der Waals surface area contributed by atoms with Crippen LogP contribution in [0.15, 0.2) is 70.9 Å². The number of allylic oxidation sites excluding steroid dienone is 3. The molecular formula is C21H18BrF2N. The zero-order chi connectivity index (χ0) is 18.1. The fourth-order valence-electron chi connectivity index (χ4n) is 3.09. The zero-order valence-electron chi connectivity index (χ0n) is 14.1. The Labute approximate surface area is 155 Å². The van der Waals surface area contributed by atoms with E-state index in [4.69, 9.17) is 0 Å². The lowest BCUT2D eigenvalue weighted by atomic mass is 9.91. The van der Waals surface area contributed by atoms with E-state index in [1.54, 1.807) is 0 Å². The minimum atomic E-state index is -0.602. The Kier molecular flexibility index (Phi) is 4.91. The number of likely N-dealkylation sites (N-methyl/N-ethyl adjacent to an activating group) is 1. The van der Waals surface area contributed by atoms with Gasteiger partial charge in [-0.1, -0.05) is 52.8 Å². The highest BCUT2D eigenvalue weighted by molar-refractivity contribution is 9.10. The van der Waals surface area contributed by atoms with Crippen molar-refractivity contribution in [2.24, 2.45) is 0 Å². The molecule has 3 rings (SSSR count). The molecular weight excluding hydrogens is 384 g/mol. The van der Waals surface area contributed by atoms with Crippen molar-refractivity contribution in [1.82, 2.24) is 4.90 Å². The number of nitrogens with zero attached hydrogens (tertiary/aromatic N) is 1. The van der Waals surface area contributed by atoms with E-state index in [-0.39, 0.29) is 5.56 Å². The quantitative estimate of drug-likeness (QED) is 0.575. The summed E-state index contributed by atoms with van der Waals surface area (Å²) in [6.45, 7) is 8.56. The van der Waals surface area contributed by atoms with Gasteiger partial charge in [-0.2, -0.15) is 0 Å². The fraction of sp³-hybridized carbons (Fsp3) is 0.143. The van der Waals surface area contributed by atoms with Crippen molar-refractivity contribution in [2.75, 3.05) is 6.54 Å². The average molecular weight is 402 g/mol. The van der Waals surface area contributed by atoms with Gasteiger partial charge in [0.2, 0.25) is 0 Å². The topological polar surface area (TPSA) is 3.24 Å². The summed E-state index contributed by atoms with van der Waals surface area (Å²) >= 11 is 3.15. The first kappa shape index (κ1) is 17.6. The van der Waals surface area contributed by atoms with Gasteiger partial charge in [-0.05, 0) is 43.2 Å². The van der Waals surface area contributed by atoms with Crippen LogP contribution in [0.25, 0.3) is 11.3 Å². The van der Waals surface area contributed by atoms with Gasteiger partial charge >= 0.3 is 0 Å². The highest BCUT2D eigenvalue weighted by Gasteiger charge is 2.28. The van der Waals surface area contributed by atoms with E-state index < -0.39 is 11.6 Å². The van der Waals surface area contributed by atoms with Gasteiger partial charge in [0.05, 0.1) is 11.3 Å². The van der Waals surface area contributed by atoms with E-state index in [1.807, 2.05) is 55.2 Å². The molecule has 0 amide bonds. The summed E-state index contributed by atoms with van der Waals surface area (Å²) in [6.07, 6.45) is 1.94. The average Bonchev–Trinajstić information content (AvgIpc) is 2.58.